The summed E-state index contributed by atoms with van der Waals surface area (Å²) < 4.78 is 7.90. The highest BCUT2D eigenvalue weighted by Gasteiger charge is 2.03. The maximum absolute atomic E-state index is 5.97. The molecule has 20 heavy (non-hydrogen) atoms. The van der Waals surface area contributed by atoms with Crippen molar-refractivity contribution < 1.29 is 4.74 Å². The molecule has 1 aromatic heterocycles. The number of aryl methyl sites for hydroxylation is 1. The molecule has 0 fully saturated rings. The highest BCUT2D eigenvalue weighted by Crippen LogP contribution is 2.09. The number of aromatic nitrogens is 1. The van der Waals surface area contributed by atoms with Crippen LogP contribution in [-0.2, 0) is 13.0 Å². The van der Waals surface area contributed by atoms with Gasteiger partial charge in [-0.2, -0.15) is 0 Å². The van der Waals surface area contributed by atoms with Gasteiger partial charge in [0.05, 0.1) is 6.61 Å². The zero-order chi connectivity index (χ0) is 14.2. The number of rotatable bonds is 8. The molecule has 0 saturated heterocycles. The zero-order valence-electron chi connectivity index (χ0n) is 12.2. The Morgan fingerprint density at radius 1 is 1.20 bits per heavy atom. The van der Waals surface area contributed by atoms with Gasteiger partial charge in [0.2, 0.25) is 0 Å². The third-order valence-electron chi connectivity index (χ3n) is 3.41. The van der Waals surface area contributed by atoms with Crippen LogP contribution in [0, 0.1) is 0 Å². The first-order valence-electron chi connectivity index (χ1n) is 7.36. The van der Waals surface area contributed by atoms with Crippen molar-refractivity contribution in [1.82, 2.24) is 4.57 Å². The van der Waals surface area contributed by atoms with E-state index in [0.29, 0.717) is 0 Å². The van der Waals surface area contributed by atoms with Crippen molar-refractivity contribution >= 4 is 0 Å². The third-order valence-corrected chi connectivity index (χ3v) is 3.41. The molecule has 1 unspecified atom stereocenters. The summed E-state index contributed by atoms with van der Waals surface area (Å²) in [5, 5.41) is 0. The molecule has 0 amide bonds. The molecule has 0 bridgehead atoms. The number of hydrogen-bond acceptors (Lipinski definition) is 2. The number of para-hydroxylation sites is 1. The fraction of sp³-hybridized carbons (Fsp3) is 0.412. The largest absolute Gasteiger partial charge is 0.494 e. The predicted molar refractivity (Wildman–Crippen MR) is 83.0 cm³/mol. The Labute approximate surface area is 121 Å². The van der Waals surface area contributed by atoms with E-state index in [1.807, 2.05) is 30.3 Å². The van der Waals surface area contributed by atoms with E-state index in [0.717, 1.165) is 38.2 Å². The Hall–Kier alpha value is -1.74. The van der Waals surface area contributed by atoms with Crippen LogP contribution in [0.3, 0.4) is 0 Å². The molecular formula is C17H24N2O. The number of nitrogens with two attached hydrogens (primary N) is 1. The van der Waals surface area contributed by atoms with Crippen molar-refractivity contribution in [3.05, 3.63) is 54.4 Å². The van der Waals surface area contributed by atoms with E-state index >= 15 is 0 Å². The summed E-state index contributed by atoms with van der Waals surface area (Å²) in [4.78, 5) is 0. The normalized spacial score (nSPS) is 12.3. The fourth-order valence-corrected chi connectivity index (χ4v) is 2.15. The lowest BCUT2D eigenvalue weighted by atomic mass is 10.1. The van der Waals surface area contributed by atoms with Gasteiger partial charge in [-0.15, -0.1) is 0 Å². The summed E-state index contributed by atoms with van der Waals surface area (Å²) in [6.07, 6.45) is 7.31. The molecular weight excluding hydrogens is 248 g/mol. The minimum Gasteiger partial charge on any atom is -0.494 e. The molecule has 0 saturated carbocycles. The van der Waals surface area contributed by atoms with Gasteiger partial charge >= 0.3 is 0 Å². The van der Waals surface area contributed by atoms with Crippen molar-refractivity contribution in [3.63, 3.8) is 0 Å². The van der Waals surface area contributed by atoms with Crippen LogP contribution in [0.2, 0.25) is 0 Å². The van der Waals surface area contributed by atoms with Crippen LogP contribution >= 0.6 is 0 Å². The molecule has 0 aliphatic rings. The Morgan fingerprint density at radius 2 is 2.00 bits per heavy atom. The third kappa shape index (κ3) is 4.74. The van der Waals surface area contributed by atoms with Crippen LogP contribution in [0.4, 0.5) is 0 Å². The minimum absolute atomic E-state index is 0.271. The molecule has 2 rings (SSSR count). The average molecular weight is 272 g/mol. The van der Waals surface area contributed by atoms with E-state index in [1.165, 1.54) is 5.56 Å². The monoisotopic (exact) mass is 272 g/mol. The molecule has 0 aliphatic heterocycles. The first-order valence-corrected chi connectivity index (χ1v) is 7.36. The molecule has 3 nitrogen and oxygen atoms in total. The Balaban J connectivity index is 1.69. The maximum atomic E-state index is 5.97. The van der Waals surface area contributed by atoms with E-state index in [9.17, 15) is 0 Å². The Morgan fingerprint density at radius 3 is 2.75 bits per heavy atom. The fourth-order valence-electron chi connectivity index (χ4n) is 2.15. The smallest absolute Gasteiger partial charge is 0.119 e. The van der Waals surface area contributed by atoms with Gasteiger partial charge in [-0.25, -0.2) is 0 Å². The second-order valence-electron chi connectivity index (χ2n) is 5.15. The lowest BCUT2D eigenvalue weighted by molar-refractivity contribution is 0.302. The van der Waals surface area contributed by atoms with Gasteiger partial charge in [-0.3, -0.25) is 0 Å². The van der Waals surface area contributed by atoms with E-state index in [2.05, 4.69) is 30.0 Å². The molecule has 1 heterocycles. The van der Waals surface area contributed by atoms with Crippen LogP contribution in [0.15, 0.2) is 48.8 Å². The first kappa shape index (κ1) is 14.7. The second kappa shape index (κ2) is 7.75. The highest BCUT2D eigenvalue weighted by molar-refractivity contribution is 5.20. The molecule has 0 aliphatic carbocycles. The van der Waals surface area contributed by atoms with Gasteiger partial charge in [-0.05, 0) is 43.0 Å². The summed E-state index contributed by atoms with van der Waals surface area (Å²) in [7, 11) is 0. The van der Waals surface area contributed by atoms with Crippen LogP contribution < -0.4 is 10.5 Å². The lowest BCUT2D eigenvalue weighted by Gasteiger charge is -2.07. The summed E-state index contributed by atoms with van der Waals surface area (Å²) in [6.45, 7) is 3.85. The highest BCUT2D eigenvalue weighted by atomic mass is 16.5. The SMILES string of the molecule is CCC(N)Cc1ccn(CCCOc2ccccc2)c1. The first-order chi connectivity index (χ1) is 9.78. The van der Waals surface area contributed by atoms with Crippen LogP contribution in [0.1, 0.15) is 25.3 Å². The Kier molecular flexibility index (Phi) is 5.69. The molecule has 0 radical (unpaired) electrons. The summed E-state index contributed by atoms with van der Waals surface area (Å²) >= 11 is 0. The zero-order valence-corrected chi connectivity index (χ0v) is 12.2. The molecule has 3 heteroatoms. The van der Waals surface area contributed by atoms with Crippen molar-refractivity contribution in [2.45, 2.75) is 38.8 Å². The quantitative estimate of drug-likeness (QED) is 0.749. The molecule has 0 spiro atoms. The van der Waals surface area contributed by atoms with Gasteiger partial charge < -0.3 is 15.0 Å². The standard InChI is InChI=1S/C17H24N2O/c1-2-16(18)13-15-9-11-19(14-15)10-6-12-20-17-7-4-3-5-8-17/h3-5,7-9,11,14,16H,2,6,10,12-13,18H2,1H3. The van der Waals surface area contributed by atoms with Crippen LogP contribution in [0.25, 0.3) is 0 Å². The number of nitrogens with zero attached hydrogens (tertiary/aromatic N) is 1. The van der Waals surface area contributed by atoms with E-state index in [1.54, 1.807) is 0 Å². The predicted octanol–water partition coefficient (Wildman–Crippen LogP) is 3.24. The maximum Gasteiger partial charge on any atom is 0.119 e. The molecule has 1 aromatic carbocycles. The lowest BCUT2D eigenvalue weighted by Crippen LogP contribution is -2.21. The molecule has 108 valence electrons. The van der Waals surface area contributed by atoms with Gasteiger partial charge in [0.1, 0.15) is 5.75 Å². The number of benzene rings is 1. The van der Waals surface area contributed by atoms with Crippen LogP contribution in [0.5, 0.6) is 5.75 Å². The van der Waals surface area contributed by atoms with Gasteiger partial charge in [0, 0.05) is 25.0 Å². The summed E-state index contributed by atoms with van der Waals surface area (Å²) in [6, 6.07) is 12.4. The summed E-state index contributed by atoms with van der Waals surface area (Å²) in [5.41, 5.74) is 7.29. The minimum atomic E-state index is 0.271. The van der Waals surface area contributed by atoms with Crippen LogP contribution in [-0.4, -0.2) is 17.2 Å². The van der Waals surface area contributed by atoms with Gasteiger partial charge in [0.15, 0.2) is 0 Å². The van der Waals surface area contributed by atoms with Crippen molar-refractivity contribution in [3.8, 4) is 5.75 Å². The van der Waals surface area contributed by atoms with Crippen molar-refractivity contribution in [2.24, 2.45) is 5.73 Å². The second-order valence-corrected chi connectivity index (χ2v) is 5.15. The molecule has 2 N–H and O–H groups in total. The Bertz CT molecular complexity index is 493. The summed E-state index contributed by atoms with van der Waals surface area (Å²) in [5.74, 6) is 0.939. The topological polar surface area (TPSA) is 40.2 Å². The molecule has 1 atom stereocenters. The van der Waals surface area contributed by atoms with Gasteiger partial charge in [-0.1, -0.05) is 25.1 Å². The average Bonchev–Trinajstić information content (AvgIpc) is 2.92. The van der Waals surface area contributed by atoms with Crippen molar-refractivity contribution in [1.29, 1.82) is 0 Å². The van der Waals surface area contributed by atoms with E-state index in [4.69, 9.17) is 10.5 Å². The number of hydrogen-bond donors (Lipinski definition) is 1. The molecule has 2 aromatic rings. The van der Waals surface area contributed by atoms with E-state index in [-0.39, 0.29) is 6.04 Å². The van der Waals surface area contributed by atoms with Gasteiger partial charge in [0.25, 0.3) is 0 Å². The van der Waals surface area contributed by atoms with E-state index < -0.39 is 0 Å². The number of ether oxygens (including phenoxy) is 1. The van der Waals surface area contributed by atoms with Crippen molar-refractivity contribution in [2.75, 3.05) is 6.61 Å².